The van der Waals surface area contributed by atoms with Crippen molar-refractivity contribution in [3.8, 4) is 0 Å². The van der Waals surface area contributed by atoms with Gasteiger partial charge in [-0.3, -0.25) is 0 Å². The number of halogens is 4. The number of aryl methyl sites for hydroxylation is 1. The molecule has 0 saturated heterocycles. The van der Waals surface area contributed by atoms with Gasteiger partial charge in [0.2, 0.25) is 5.95 Å². The zero-order valence-corrected chi connectivity index (χ0v) is 11.4. The van der Waals surface area contributed by atoms with Crippen molar-refractivity contribution in [1.29, 1.82) is 0 Å². The molecule has 0 aliphatic rings. The monoisotopic (exact) mass is 301 g/mol. The van der Waals surface area contributed by atoms with Crippen LogP contribution >= 0.6 is 0 Å². The largest absolute Gasteiger partial charge is 0.419 e. The van der Waals surface area contributed by atoms with Gasteiger partial charge in [-0.1, -0.05) is 13.3 Å². The van der Waals surface area contributed by atoms with Gasteiger partial charge in [-0.25, -0.2) is 9.37 Å². The lowest BCUT2D eigenvalue weighted by molar-refractivity contribution is -0.139. The fourth-order valence-electron chi connectivity index (χ4n) is 1.89. The molecule has 0 bridgehead atoms. The highest BCUT2D eigenvalue weighted by atomic mass is 19.4. The van der Waals surface area contributed by atoms with Crippen LogP contribution in [0, 0.1) is 5.82 Å². The maximum atomic E-state index is 13.2. The molecule has 1 heterocycles. The third-order valence-electron chi connectivity index (χ3n) is 3.00. The molecule has 1 aromatic heterocycles. The third kappa shape index (κ3) is 3.74. The van der Waals surface area contributed by atoms with Crippen LogP contribution in [0.25, 0.3) is 0 Å². The molecule has 2 aromatic rings. The van der Waals surface area contributed by atoms with Crippen LogP contribution in [0.15, 0.2) is 30.6 Å². The van der Waals surface area contributed by atoms with Crippen molar-refractivity contribution in [2.45, 2.75) is 32.5 Å². The molecular weight excluding hydrogens is 286 g/mol. The number of alkyl halides is 3. The average molecular weight is 301 g/mol. The summed E-state index contributed by atoms with van der Waals surface area (Å²) in [4.78, 5) is 4.06. The van der Waals surface area contributed by atoms with Gasteiger partial charge in [0.1, 0.15) is 5.82 Å². The molecule has 0 radical (unpaired) electrons. The Morgan fingerprint density at radius 2 is 2.05 bits per heavy atom. The molecule has 0 atom stereocenters. The molecule has 0 saturated carbocycles. The van der Waals surface area contributed by atoms with Gasteiger partial charge in [-0.05, 0) is 24.6 Å². The van der Waals surface area contributed by atoms with E-state index in [0.29, 0.717) is 12.5 Å². The standard InChI is InChI=1S/C14H15F4N3/c1-2-3-7-21-8-6-19-13(21)20-10-4-5-12(15)11(9-10)14(16,17)18/h4-6,8-9H,2-3,7H2,1H3,(H,19,20). The molecule has 1 N–H and O–H groups in total. The van der Waals surface area contributed by atoms with E-state index >= 15 is 0 Å². The second kappa shape index (κ2) is 6.15. The first-order valence-electron chi connectivity index (χ1n) is 6.56. The molecule has 3 nitrogen and oxygen atoms in total. The predicted octanol–water partition coefficient (Wildman–Crippen LogP) is 4.58. The van der Waals surface area contributed by atoms with Gasteiger partial charge < -0.3 is 9.88 Å². The second-order valence-corrected chi connectivity index (χ2v) is 4.62. The molecule has 0 aliphatic heterocycles. The van der Waals surface area contributed by atoms with E-state index in [9.17, 15) is 17.6 Å². The Kier molecular flexibility index (Phi) is 4.50. The molecule has 0 unspecified atom stereocenters. The number of imidazole rings is 1. The van der Waals surface area contributed by atoms with Crippen molar-refractivity contribution < 1.29 is 17.6 Å². The number of rotatable bonds is 5. The average Bonchev–Trinajstić information content (AvgIpc) is 2.84. The van der Waals surface area contributed by atoms with Crippen LogP contribution in [0.1, 0.15) is 25.3 Å². The Morgan fingerprint density at radius 3 is 2.71 bits per heavy atom. The lowest BCUT2D eigenvalue weighted by Gasteiger charge is -2.12. The predicted molar refractivity (Wildman–Crippen MR) is 71.8 cm³/mol. The molecule has 21 heavy (non-hydrogen) atoms. The number of hydrogen-bond acceptors (Lipinski definition) is 2. The SMILES string of the molecule is CCCCn1ccnc1Nc1ccc(F)c(C(F)(F)F)c1. The maximum Gasteiger partial charge on any atom is 0.419 e. The van der Waals surface area contributed by atoms with E-state index in [1.54, 1.807) is 17.0 Å². The van der Waals surface area contributed by atoms with Crippen molar-refractivity contribution in [3.63, 3.8) is 0 Å². The van der Waals surface area contributed by atoms with Crippen molar-refractivity contribution in [1.82, 2.24) is 9.55 Å². The summed E-state index contributed by atoms with van der Waals surface area (Å²) in [6, 6.07) is 2.79. The fourth-order valence-corrected chi connectivity index (χ4v) is 1.89. The van der Waals surface area contributed by atoms with Crippen molar-refractivity contribution in [2.75, 3.05) is 5.32 Å². The van der Waals surface area contributed by atoms with E-state index in [0.717, 1.165) is 25.0 Å². The minimum absolute atomic E-state index is 0.146. The Labute approximate surface area is 119 Å². The summed E-state index contributed by atoms with van der Waals surface area (Å²) in [5.41, 5.74) is -1.15. The summed E-state index contributed by atoms with van der Waals surface area (Å²) in [6.07, 6.45) is 0.506. The number of nitrogens with one attached hydrogen (secondary N) is 1. The Hall–Kier alpha value is -2.05. The number of unbranched alkanes of at least 4 members (excludes halogenated alkanes) is 1. The highest BCUT2D eigenvalue weighted by Gasteiger charge is 2.34. The third-order valence-corrected chi connectivity index (χ3v) is 3.00. The van der Waals surface area contributed by atoms with Crippen LogP contribution < -0.4 is 5.32 Å². The van der Waals surface area contributed by atoms with Gasteiger partial charge in [0.05, 0.1) is 5.56 Å². The normalized spacial score (nSPS) is 11.7. The molecular formula is C14H15F4N3. The second-order valence-electron chi connectivity index (χ2n) is 4.62. The Morgan fingerprint density at radius 1 is 1.29 bits per heavy atom. The van der Waals surface area contributed by atoms with Gasteiger partial charge >= 0.3 is 6.18 Å². The Balaban J connectivity index is 2.22. The number of nitrogens with zero attached hydrogens (tertiary/aromatic N) is 2. The zero-order chi connectivity index (χ0) is 15.5. The Bertz CT molecular complexity index is 605. The van der Waals surface area contributed by atoms with Gasteiger partial charge in [0.25, 0.3) is 0 Å². The first-order chi connectivity index (χ1) is 9.91. The minimum Gasteiger partial charge on any atom is -0.326 e. The molecule has 0 amide bonds. The quantitative estimate of drug-likeness (QED) is 0.819. The summed E-state index contributed by atoms with van der Waals surface area (Å²) >= 11 is 0. The van der Waals surface area contributed by atoms with Crippen molar-refractivity contribution in [2.24, 2.45) is 0 Å². The smallest absolute Gasteiger partial charge is 0.326 e. The van der Waals surface area contributed by atoms with Crippen LogP contribution in [-0.2, 0) is 12.7 Å². The highest BCUT2D eigenvalue weighted by molar-refractivity contribution is 5.55. The zero-order valence-electron chi connectivity index (χ0n) is 11.4. The van der Waals surface area contributed by atoms with E-state index in [2.05, 4.69) is 10.3 Å². The molecule has 0 spiro atoms. The summed E-state index contributed by atoms with van der Waals surface area (Å²) in [5.74, 6) is -0.856. The van der Waals surface area contributed by atoms with Crippen LogP contribution in [0.2, 0.25) is 0 Å². The molecule has 2 rings (SSSR count). The van der Waals surface area contributed by atoms with Crippen LogP contribution in [0.4, 0.5) is 29.2 Å². The van der Waals surface area contributed by atoms with Crippen LogP contribution in [0.5, 0.6) is 0 Å². The van der Waals surface area contributed by atoms with E-state index in [-0.39, 0.29) is 5.69 Å². The van der Waals surface area contributed by atoms with Crippen molar-refractivity contribution >= 4 is 11.6 Å². The first kappa shape index (κ1) is 15.3. The molecule has 0 fully saturated rings. The summed E-state index contributed by atoms with van der Waals surface area (Å²) in [7, 11) is 0. The summed E-state index contributed by atoms with van der Waals surface area (Å²) in [5, 5.41) is 2.79. The van der Waals surface area contributed by atoms with Crippen LogP contribution in [-0.4, -0.2) is 9.55 Å². The highest BCUT2D eigenvalue weighted by Crippen LogP contribution is 2.33. The van der Waals surface area contributed by atoms with E-state index in [1.165, 1.54) is 6.07 Å². The molecule has 114 valence electrons. The van der Waals surface area contributed by atoms with Crippen LogP contribution in [0.3, 0.4) is 0 Å². The maximum absolute atomic E-state index is 13.2. The van der Waals surface area contributed by atoms with E-state index in [4.69, 9.17) is 0 Å². The molecule has 1 aromatic carbocycles. The van der Waals surface area contributed by atoms with Crippen molar-refractivity contribution in [3.05, 3.63) is 42.0 Å². The van der Waals surface area contributed by atoms with E-state index < -0.39 is 17.6 Å². The molecule has 0 aliphatic carbocycles. The summed E-state index contributed by atoms with van der Waals surface area (Å²) in [6.45, 7) is 2.76. The topological polar surface area (TPSA) is 29.9 Å². The lowest BCUT2D eigenvalue weighted by Crippen LogP contribution is -2.09. The fraction of sp³-hybridized carbons (Fsp3) is 0.357. The van der Waals surface area contributed by atoms with Gasteiger partial charge in [0, 0.05) is 24.6 Å². The molecule has 7 heteroatoms. The van der Waals surface area contributed by atoms with Gasteiger partial charge in [-0.2, -0.15) is 13.2 Å². The number of hydrogen-bond donors (Lipinski definition) is 1. The number of anilines is 2. The number of aromatic nitrogens is 2. The number of benzene rings is 1. The van der Waals surface area contributed by atoms with Gasteiger partial charge in [-0.15, -0.1) is 0 Å². The minimum atomic E-state index is -4.72. The van der Waals surface area contributed by atoms with Gasteiger partial charge in [0.15, 0.2) is 0 Å². The lowest BCUT2D eigenvalue weighted by atomic mass is 10.2. The summed E-state index contributed by atoms with van der Waals surface area (Å²) < 4.78 is 53.0. The first-order valence-corrected chi connectivity index (χ1v) is 6.56. The van der Waals surface area contributed by atoms with E-state index in [1.807, 2.05) is 6.92 Å².